The SMILES string of the molecule is Cn1cc(Br)cc1C(=O)Nc1nc2n(n1)CCCC2. The quantitative estimate of drug-likeness (QED) is 0.918. The lowest BCUT2D eigenvalue weighted by molar-refractivity contribution is 0.101. The molecule has 1 amide bonds. The normalized spacial score (nSPS) is 14.2. The van der Waals surface area contributed by atoms with Gasteiger partial charge in [0.05, 0.1) is 0 Å². The van der Waals surface area contributed by atoms with Crippen molar-refractivity contribution in [2.45, 2.75) is 25.8 Å². The third-order valence-electron chi connectivity index (χ3n) is 3.20. The molecule has 3 heterocycles. The second-order valence-electron chi connectivity index (χ2n) is 4.64. The van der Waals surface area contributed by atoms with Gasteiger partial charge in [0, 0.05) is 30.7 Å². The highest BCUT2D eigenvalue weighted by Crippen LogP contribution is 2.16. The first-order valence-electron chi connectivity index (χ1n) is 6.20. The number of nitrogens with zero attached hydrogens (tertiary/aromatic N) is 4. The molecule has 0 atom stereocenters. The van der Waals surface area contributed by atoms with Crippen LogP contribution in [0.4, 0.5) is 5.95 Å². The molecular formula is C12H14BrN5O. The van der Waals surface area contributed by atoms with Crippen LogP contribution in [-0.4, -0.2) is 25.2 Å². The Morgan fingerprint density at radius 3 is 3.00 bits per heavy atom. The first-order chi connectivity index (χ1) is 9.13. The molecular weight excluding hydrogens is 310 g/mol. The summed E-state index contributed by atoms with van der Waals surface area (Å²) in [6.45, 7) is 0.883. The van der Waals surface area contributed by atoms with Crippen LogP contribution in [0.5, 0.6) is 0 Å². The summed E-state index contributed by atoms with van der Waals surface area (Å²) in [7, 11) is 1.82. The summed E-state index contributed by atoms with van der Waals surface area (Å²) in [5, 5.41) is 7.05. The number of aryl methyl sites for hydroxylation is 3. The van der Waals surface area contributed by atoms with Crippen molar-refractivity contribution >= 4 is 27.8 Å². The monoisotopic (exact) mass is 323 g/mol. The van der Waals surface area contributed by atoms with Crippen molar-refractivity contribution in [1.29, 1.82) is 0 Å². The first kappa shape index (κ1) is 12.4. The number of hydrogen-bond donors (Lipinski definition) is 1. The molecule has 0 spiro atoms. The fraction of sp³-hybridized carbons (Fsp3) is 0.417. The Morgan fingerprint density at radius 2 is 2.32 bits per heavy atom. The van der Waals surface area contributed by atoms with Gasteiger partial charge in [-0.3, -0.25) is 10.1 Å². The number of carbonyl (C=O) groups is 1. The molecule has 0 radical (unpaired) electrons. The lowest BCUT2D eigenvalue weighted by Crippen LogP contribution is -2.16. The van der Waals surface area contributed by atoms with E-state index in [0.717, 1.165) is 36.1 Å². The highest BCUT2D eigenvalue weighted by atomic mass is 79.9. The van der Waals surface area contributed by atoms with E-state index >= 15 is 0 Å². The van der Waals surface area contributed by atoms with Crippen molar-refractivity contribution in [2.24, 2.45) is 7.05 Å². The van der Waals surface area contributed by atoms with Gasteiger partial charge in [-0.2, -0.15) is 4.98 Å². The van der Waals surface area contributed by atoms with Gasteiger partial charge in [-0.1, -0.05) is 0 Å². The van der Waals surface area contributed by atoms with E-state index in [1.165, 1.54) is 0 Å². The average Bonchev–Trinajstić information content (AvgIpc) is 2.91. The Bertz CT molecular complexity index is 607. The zero-order chi connectivity index (χ0) is 13.4. The fourth-order valence-corrected chi connectivity index (χ4v) is 2.78. The van der Waals surface area contributed by atoms with E-state index in [2.05, 4.69) is 31.3 Å². The van der Waals surface area contributed by atoms with E-state index in [-0.39, 0.29) is 5.91 Å². The third kappa shape index (κ3) is 2.42. The second kappa shape index (κ2) is 4.80. The van der Waals surface area contributed by atoms with Crippen LogP contribution in [0.15, 0.2) is 16.7 Å². The van der Waals surface area contributed by atoms with E-state index < -0.39 is 0 Å². The molecule has 2 aromatic heterocycles. The van der Waals surface area contributed by atoms with Crippen LogP contribution in [0.3, 0.4) is 0 Å². The largest absolute Gasteiger partial charge is 0.345 e. The molecule has 100 valence electrons. The summed E-state index contributed by atoms with van der Waals surface area (Å²) >= 11 is 3.35. The van der Waals surface area contributed by atoms with Gasteiger partial charge in [0.2, 0.25) is 5.95 Å². The minimum Gasteiger partial charge on any atom is -0.345 e. The molecule has 7 heteroatoms. The summed E-state index contributed by atoms with van der Waals surface area (Å²) < 4.78 is 4.51. The maximum absolute atomic E-state index is 12.1. The van der Waals surface area contributed by atoms with Crippen molar-refractivity contribution in [1.82, 2.24) is 19.3 Å². The summed E-state index contributed by atoms with van der Waals surface area (Å²) in [5.41, 5.74) is 0.569. The molecule has 1 aliphatic rings. The molecule has 1 aliphatic heterocycles. The second-order valence-corrected chi connectivity index (χ2v) is 5.56. The molecule has 6 nitrogen and oxygen atoms in total. The Morgan fingerprint density at radius 1 is 1.47 bits per heavy atom. The smallest absolute Gasteiger partial charge is 0.274 e. The highest BCUT2D eigenvalue weighted by molar-refractivity contribution is 9.10. The average molecular weight is 324 g/mol. The molecule has 3 rings (SSSR count). The van der Waals surface area contributed by atoms with Gasteiger partial charge >= 0.3 is 0 Å². The number of halogens is 1. The Hall–Kier alpha value is -1.63. The summed E-state index contributed by atoms with van der Waals surface area (Å²) in [5.74, 6) is 1.14. The highest BCUT2D eigenvalue weighted by Gasteiger charge is 2.17. The maximum Gasteiger partial charge on any atom is 0.274 e. The molecule has 1 N–H and O–H groups in total. The Kier molecular flexibility index (Phi) is 3.14. The van der Waals surface area contributed by atoms with Gasteiger partial charge in [-0.15, -0.1) is 5.10 Å². The topological polar surface area (TPSA) is 64.7 Å². The Balaban J connectivity index is 1.79. The lowest BCUT2D eigenvalue weighted by Gasteiger charge is -2.09. The molecule has 0 unspecified atom stereocenters. The van der Waals surface area contributed by atoms with Gasteiger partial charge in [-0.25, -0.2) is 4.68 Å². The van der Waals surface area contributed by atoms with Gasteiger partial charge in [-0.05, 0) is 34.8 Å². The van der Waals surface area contributed by atoms with Gasteiger partial charge in [0.15, 0.2) is 0 Å². The number of nitrogens with one attached hydrogen (secondary N) is 1. The molecule has 0 saturated carbocycles. The van der Waals surface area contributed by atoms with E-state index in [1.54, 1.807) is 10.6 Å². The van der Waals surface area contributed by atoms with Crippen molar-refractivity contribution in [3.8, 4) is 0 Å². The minimum absolute atomic E-state index is 0.198. The van der Waals surface area contributed by atoms with Crippen LogP contribution in [0.25, 0.3) is 0 Å². The number of aromatic nitrogens is 4. The van der Waals surface area contributed by atoms with Crippen LogP contribution in [-0.2, 0) is 20.0 Å². The number of amides is 1. The van der Waals surface area contributed by atoms with Crippen LogP contribution in [0, 0.1) is 0 Å². The number of carbonyl (C=O) groups excluding carboxylic acids is 1. The lowest BCUT2D eigenvalue weighted by atomic mass is 10.2. The van der Waals surface area contributed by atoms with Crippen molar-refractivity contribution in [3.63, 3.8) is 0 Å². The zero-order valence-electron chi connectivity index (χ0n) is 10.6. The van der Waals surface area contributed by atoms with Crippen LogP contribution >= 0.6 is 15.9 Å². The molecule has 0 fully saturated rings. The summed E-state index contributed by atoms with van der Waals surface area (Å²) in [6, 6.07) is 1.77. The van der Waals surface area contributed by atoms with Crippen LogP contribution < -0.4 is 5.32 Å². The molecule has 19 heavy (non-hydrogen) atoms. The number of rotatable bonds is 2. The van der Waals surface area contributed by atoms with E-state index in [1.807, 2.05) is 17.9 Å². The maximum atomic E-state index is 12.1. The first-order valence-corrected chi connectivity index (χ1v) is 7.00. The number of hydrogen-bond acceptors (Lipinski definition) is 3. The van der Waals surface area contributed by atoms with Crippen LogP contribution in [0.1, 0.15) is 29.2 Å². The molecule has 0 aromatic carbocycles. The predicted molar refractivity (Wildman–Crippen MR) is 74.0 cm³/mol. The molecule has 0 aliphatic carbocycles. The van der Waals surface area contributed by atoms with Crippen LogP contribution in [0.2, 0.25) is 0 Å². The standard InChI is InChI=1S/C12H14BrN5O/c1-17-7-8(13)6-9(17)11(19)15-12-14-10-4-2-3-5-18(10)16-12/h6-7H,2-5H2,1H3,(H,15,16,19). The van der Waals surface area contributed by atoms with Crippen molar-refractivity contribution in [3.05, 3.63) is 28.3 Å². The number of fused-ring (bicyclic) bond motifs is 1. The third-order valence-corrected chi connectivity index (χ3v) is 3.63. The molecule has 2 aromatic rings. The summed E-state index contributed by atoms with van der Waals surface area (Å²) in [6.07, 6.45) is 5.02. The van der Waals surface area contributed by atoms with Gasteiger partial charge in [0.1, 0.15) is 11.5 Å². The molecule has 0 saturated heterocycles. The summed E-state index contributed by atoms with van der Waals surface area (Å²) in [4.78, 5) is 16.5. The number of anilines is 1. The minimum atomic E-state index is -0.198. The van der Waals surface area contributed by atoms with Crippen molar-refractivity contribution in [2.75, 3.05) is 5.32 Å². The predicted octanol–water partition coefficient (Wildman–Crippen LogP) is 1.97. The fourth-order valence-electron chi connectivity index (χ4n) is 2.25. The van der Waals surface area contributed by atoms with Gasteiger partial charge < -0.3 is 4.57 Å². The van der Waals surface area contributed by atoms with E-state index in [9.17, 15) is 4.79 Å². The zero-order valence-corrected chi connectivity index (χ0v) is 12.1. The molecule has 0 bridgehead atoms. The Labute approximate surface area is 118 Å². The van der Waals surface area contributed by atoms with E-state index in [0.29, 0.717) is 11.6 Å². The van der Waals surface area contributed by atoms with E-state index in [4.69, 9.17) is 0 Å². The van der Waals surface area contributed by atoms with Crippen molar-refractivity contribution < 1.29 is 4.79 Å². The van der Waals surface area contributed by atoms with Gasteiger partial charge in [0.25, 0.3) is 5.91 Å².